The highest BCUT2D eigenvalue weighted by Gasteiger charge is 2.18. The van der Waals surface area contributed by atoms with Crippen LogP contribution in [-0.4, -0.2) is 50.0 Å². The zero-order valence-corrected chi connectivity index (χ0v) is 16.4. The number of esters is 1. The van der Waals surface area contributed by atoms with E-state index in [1.54, 1.807) is 30.3 Å². The molecule has 2 aromatic carbocycles. The number of likely N-dealkylation sites (N-methyl/N-ethyl adjacent to an activating group) is 1. The Bertz CT molecular complexity index is 862. The summed E-state index contributed by atoms with van der Waals surface area (Å²) in [6.45, 7) is 3.16. The van der Waals surface area contributed by atoms with Crippen LogP contribution >= 0.6 is 0 Å². The van der Waals surface area contributed by atoms with Gasteiger partial charge in [-0.25, -0.2) is 4.79 Å². The number of rotatable bonds is 7. The van der Waals surface area contributed by atoms with Crippen LogP contribution in [0, 0.1) is 13.8 Å². The van der Waals surface area contributed by atoms with Crippen LogP contribution in [0.3, 0.4) is 0 Å². The van der Waals surface area contributed by atoms with E-state index < -0.39 is 18.5 Å². The van der Waals surface area contributed by atoms with Crippen molar-refractivity contribution in [3.05, 3.63) is 59.2 Å². The molecule has 0 fully saturated rings. The standard InChI is InChI=1S/C21H24N2O5/c1-14-5-8-16(9-6-14)22-19(24)12-23(3)20(25)13-28-21(26)17-11-15(2)7-10-18(17)27-4/h5-11H,12-13H2,1-4H3,(H,22,24). The Morgan fingerprint density at radius 1 is 1.00 bits per heavy atom. The van der Waals surface area contributed by atoms with E-state index in [-0.39, 0.29) is 18.0 Å². The molecule has 28 heavy (non-hydrogen) atoms. The summed E-state index contributed by atoms with van der Waals surface area (Å²) < 4.78 is 10.2. The molecule has 0 atom stereocenters. The van der Waals surface area contributed by atoms with Gasteiger partial charge in [-0.05, 0) is 38.1 Å². The molecule has 2 amide bonds. The van der Waals surface area contributed by atoms with Crippen LogP contribution in [0.1, 0.15) is 21.5 Å². The smallest absolute Gasteiger partial charge is 0.342 e. The van der Waals surface area contributed by atoms with Gasteiger partial charge in [0.15, 0.2) is 6.61 Å². The van der Waals surface area contributed by atoms with Crippen LogP contribution in [0.5, 0.6) is 5.75 Å². The lowest BCUT2D eigenvalue weighted by atomic mass is 10.1. The fourth-order valence-electron chi connectivity index (χ4n) is 2.44. The van der Waals surface area contributed by atoms with Crippen LogP contribution in [0.2, 0.25) is 0 Å². The summed E-state index contributed by atoms with van der Waals surface area (Å²) in [6, 6.07) is 12.4. The van der Waals surface area contributed by atoms with E-state index in [1.165, 1.54) is 19.1 Å². The average molecular weight is 384 g/mol. The van der Waals surface area contributed by atoms with Crippen LogP contribution in [0.15, 0.2) is 42.5 Å². The first kappa shape index (κ1) is 21.0. The molecular formula is C21H24N2O5. The van der Waals surface area contributed by atoms with Gasteiger partial charge < -0.3 is 19.7 Å². The highest BCUT2D eigenvalue weighted by atomic mass is 16.5. The van der Waals surface area contributed by atoms with Crippen LogP contribution in [0.4, 0.5) is 5.69 Å². The molecule has 0 radical (unpaired) electrons. The molecule has 0 aliphatic rings. The molecule has 148 valence electrons. The number of carbonyl (C=O) groups is 3. The number of carbonyl (C=O) groups excluding carboxylic acids is 3. The molecule has 0 aromatic heterocycles. The summed E-state index contributed by atoms with van der Waals surface area (Å²) in [6.07, 6.45) is 0. The van der Waals surface area contributed by atoms with Gasteiger partial charge in [-0.2, -0.15) is 0 Å². The van der Waals surface area contributed by atoms with E-state index in [1.807, 2.05) is 26.0 Å². The second kappa shape index (κ2) is 9.55. The van der Waals surface area contributed by atoms with E-state index in [0.29, 0.717) is 11.4 Å². The monoisotopic (exact) mass is 384 g/mol. The molecule has 0 heterocycles. The summed E-state index contributed by atoms with van der Waals surface area (Å²) in [5.74, 6) is -1.12. The number of nitrogens with one attached hydrogen (secondary N) is 1. The van der Waals surface area contributed by atoms with Crippen LogP contribution < -0.4 is 10.1 Å². The maximum atomic E-state index is 12.2. The van der Waals surface area contributed by atoms with Gasteiger partial charge in [0.1, 0.15) is 11.3 Å². The second-order valence-corrected chi connectivity index (χ2v) is 6.44. The van der Waals surface area contributed by atoms with Gasteiger partial charge in [0.2, 0.25) is 5.91 Å². The molecule has 2 aromatic rings. The predicted molar refractivity (Wildman–Crippen MR) is 105 cm³/mol. The van der Waals surface area contributed by atoms with Gasteiger partial charge in [-0.3, -0.25) is 9.59 Å². The fourth-order valence-corrected chi connectivity index (χ4v) is 2.44. The molecule has 7 heteroatoms. The topological polar surface area (TPSA) is 84.9 Å². The third-order valence-corrected chi connectivity index (χ3v) is 4.04. The molecule has 0 saturated carbocycles. The number of anilines is 1. The van der Waals surface area contributed by atoms with Crippen LogP contribution in [0.25, 0.3) is 0 Å². The molecule has 0 aliphatic heterocycles. The first-order chi connectivity index (χ1) is 13.3. The molecule has 2 rings (SSSR count). The highest BCUT2D eigenvalue weighted by Crippen LogP contribution is 2.20. The number of hydrogen-bond acceptors (Lipinski definition) is 5. The number of ether oxygens (including phenoxy) is 2. The SMILES string of the molecule is COc1ccc(C)cc1C(=O)OCC(=O)N(C)CC(=O)Nc1ccc(C)cc1. The maximum absolute atomic E-state index is 12.2. The van der Waals surface area contributed by atoms with Crippen molar-refractivity contribution in [1.29, 1.82) is 0 Å². The van der Waals surface area contributed by atoms with E-state index in [4.69, 9.17) is 9.47 Å². The minimum Gasteiger partial charge on any atom is -0.496 e. The Kier molecular flexibility index (Phi) is 7.14. The molecule has 0 saturated heterocycles. The van der Waals surface area contributed by atoms with Gasteiger partial charge in [-0.1, -0.05) is 29.3 Å². The zero-order chi connectivity index (χ0) is 20.7. The Hall–Kier alpha value is -3.35. The van der Waals surface area contributed by atoms with Crippen molar-refractivity contribution in [2.24, 2.45) is 0 Å². The maximum Gasteiger partial charge on any atom is 0.342 e. The molecule has 7 nitrogen and oxygen atoms in total. The molecule has 1 N–H and O–H groups in total. The Morgan fingerprint density at radius 3 is 2.29 bits per heavy atom. The summed E-state index contributed by atoms with van der Waals surface area (Å²) in [5, 5.41) is 2.71. The lowest BCUT2D eigenvalue weighted by Gasteiger charge is -2.17. The minimum atomic E-state index is -0.661. The third kappa shape index (κ3) is 5.84. The lowest BCUT2D eigenvalue weighted by Crippen LogP contribution is -2.37. The third-order valence-electron chi connectivity index (χ3n) is 4.04. The minimum absolute atomic E-state index is 0.155. The number of methoxy groups -OCH3 is 1. The van der Waals surface area contributed by atoms with Gasteiger partial charge >= 0.3 is 5.97 Å². The molecule has 0 unspecified atom stereocenters. The summed E-state index contributed by atoms with van der Waals surface area (Å²) in [7, 11) is 2.92. The van der Waals surface area contributed by atoms with E-state index in [2.05, 4.69) is 5.32 Å². The second-order valence-electron chi connectivity index (χ2n) is 6.44. The van der Waals surface area contributed by atoms with Crippen molar-refractivity contribution in [2.45, 2.75) is 13.8 Å². The molecular weight excluding hydrogens is 360 g/mol. The van der Waals surface area contributed by atoms with E-state index in [9.17, 15) is 14.4 Å². The van der Waals surface area contributed by atoms with Crippen molar-refractivity contribution >= 4 is 23.5 Å². The molecule has 0 aliphatic carbocycles. The van der Waals surface area contributed by atoms with Crippen molar-refractivity contribution in [1.82, 2.24) is 4.90 Å². The Balaban J connectivity index is 1.86. The Labute approximate surface area is 164 Å². The number of amides is 2. The van der Waals surface area contributed by atoms with Crippen molar-refractivity contribution in [3.8, 4) is 5.75 Å². The van der Waals surface area contributed by atoms with Gasteiger partial charge in [0.05, 0.1) is 13.7 Å². The van der Waals surface area contributed by atoms with Gasteiger partial charge in [0.25, 0.3) is 5.91 Å². The van der Waals surface area contributed by atoms with E-state index >= 15 is 0 Å². The quantitative estimate of drug-likeness (QED) is 0.742. The van der Waals surface area contributed by atoms with Gasteiger partial charge in [-0.15, -0.1) is 0 Å². The van der Waals surface area contributed by atoms with Gasteiger partial charge in [0, 0.05) is 12.7 Å². The zero-order valence-electron chi connectivity index (χ0n) is 16.4. The average Bonchev–Trinajstić information content (AvgIpc) is 2.67. The first-order valence-corrected chi connectivity index (χ1v) is 8.72. The first-order valence-electron chi connectivity index (χ1n) is 8.72. The number of hydrogen-bond donors (Lipinski definition) is 1. The highest BCUT2D eigenvalue weighted by molar-refractivity contribution is 5.96. The fraction of sp³-hybridized carbons (Fsp3) is 0.286. The molecule has 0 bridgehead atoms. The van der Waals surface area contributed by atoms with Crippen molar-refractivity contribution < 1.29 is 23.9 Å². The summed E-state index contributed by atoms with van der Waals surface area (Å²) >= 11 is 0. The lowest BCUT2D eigenvalue weighted by molar-refractivity contribution is -0.136. The number of nitrogens with zero attached hydrogens (tertiary/aromatic N) is 1. The largest absolute Gasteiger partial charge is 0.496 e. The van der Waals surface area contributed by atoms with Crippen molar-refractivity contribution in [3.63, 3.8) is 0 Å². The number of benzene rings is 2. The number of aryl methyl sites for hydroxylation is 2. The summed E-state index contributed by atoms with van der Waals surface area (Å²) in [5.41, 5.74) is 2.84. The van der Waals surface area contributed by atoms with Crippen molar-refractivity contribution in [2.75, 3.05) is 32.6 Å². The normalized spacial score (nSPS) is 10.1. The molecule has 0 spiro atoms. The van der Waals surface area contributed by atoms with E-state index in [0.717, 1.165) is 11.1 Å². The Morgan fingerprint density at radius 2 is 1.64 bits per heavy atom. The van der Waals surface area contributed by atoms with Crippen LogP contribution in [-0.2, 0) is 14.3 Å². The predicted octanol–water partition coefficient (Wildman–Crippen LogP) is 2.57. The summed E-state index contributed by atoms with van der Waals surface area (Å²) in [4.78, 5) is 37.7.